The molecule has 1 aromatic heterocycles. The molecule has 1 aromatic carbocycles. The summed E-state index contributed by atoms with van der Waals surface area (Å²) in [6.07, 6.45) is 1.69. The van der Waals surface area contributed by atoms with Crippen LogP contribution in [0.5, 0.6) is 5.75 Å². The van der Waals surface area contributed by atoms with Crippen LogP contribution in [0.25, 0.3) is 0 Å². The lowest BCUT2D eigenvalue weighted by atomic mass is 10.2. The number of halogens is 1. The van der Waals surface area contributed by atoms with E-state index in [1.165, 1.54) is 5.56 Å². The van der Waals surface area contributed by atoms with Gasteiger partial charge in [-0.05, 0) is 36.8 Å². The van der Waals surface area contributed by atoms with E-state index < -0.39 is 0 Å². The molecule has 0 amide bonds. The molecule has 0 bridgehead atoms. The van der Waals surface area contributed by atoms with Crippen LogP contribution in [0, 0.1) is 0 Å². The van der Waals surface area contributed by atoms with E-state index in [9.17, 15) is 0 Å². The average Bonchev–Trinajstić information content (AvgIpc) is 2.83. The molecule has 2 aromatic rings. The molecule has 0 aliphatic heterocycles. The fourth-order valence-electron chi connectivity index (χ4n) is 1.66. The fourth-order valence-corrected chi connectivity index (χ4v) is 1.66. The van der Waals surface area contributed by atoms with E-state index in [0.717, 1.165) is 24.6 Å². The molecule has 0 spiro atoms. The lowest BCUT2D eigenvalue weighted by molar-refractivity contribution is 0.340. The molecule has 0 aliphatic rings. The standard InChI is InChI=1S/C14H17NO2.ClH/c1-2-16-13-6-3-5-12(9-13)10-15-11-14-7-4-8-17-14;/h3-9,15H,2,10-11H2,1H3;1H. The third-order valence-electron chi connectivity index (χ3n) is 2.42. The summed E-state index contributed by atoms with van der Waals surface area (Å²) in [5.74, 6) is 1.87. The minimum absolute atomic E-state index is 0. The first kappa shape index (κ1) is 14.6. The molecule has 0 fully saturated rings. The minimum atomic E-state index is 0. The van der Waals surface area contributed by atoms with Crippen molar-refractivity contribution >= 4 is 12.4 Å². The van der Waals surface area contributed by atoms with Gasteiger partial charge in [-0.2, -0.15) is 0 Å². The second-order valence-electron chi connectivity index (χ2n) is 3.76. The molecule has 0 saturated carbocycles. The zero-order valence-electron chi connectivity index (χ0n) is 10.4. The highest BCUT2D eigenvalue weighted by Crippen LogP contribution is 2.13. The van der Waals surface area contributed by atoms with Crippen molar-refractivity contribution in [3.8, 4) is 5.75 Å². The summed E-state index contributed by atoms with van der Waals surface area (Å²) in [5, 5.41) is 3.32. The Morgan fingerprint density at radius 1 is 1.17 bits per heavy atom. The highest BCUT2D eigenvalue weighted by atomic mass is 35.5. The third-order valence-corrected chi connectivity index (χ3v) is 2.42. The Kier molecular flexibility index (Phi) is 6.33. The molecule has 0 unspecified atom stereocenters. The van der Waals surface area contributed by atoms with Gasteiger partial charge in [-0.1, -0.05) is 12.1 Å². The molecule has 0 aliphatic carbocycles. The molecular formula is C14H18ClNO2. The number of benzene rings is 1. The second kappa shape index (κ2) is 7.80. The summed E-state index contributed by atoms with van der Waals surface area (Å²) in [6, 6.07) is 12.0. The zero-order valence-corrected chi connectivity index (χ0v) is 11.2. The summed E-state index contributed by atoms with van der Waals surface area (Å²) in [4.78, 5) is 0. The highest BCUT2D eigenvalue weighted by Gasteiger charge is 1.98. The van der Waals surface area contributed by atoms with Crippen LogP contribution in [0.4, 0.5) is 0 Å². The number of rotatable bonds is 6. The van der Waals surface area contributed by atoms with Crippen molar-refractivity contribution in [2.24, 2.45) is 0 Å². The van der Waals surface area contributed by atoms with Crippen LogP contribution in [0.2, 0.25) is 0 Å². The predicted octanol–water partition coefficient (Wildman–Crippen LogP) is 3.39. The SMILES string of the molecule is CCOc1cccc(CNCc2ccco2)c1.Cl. The van der Waals surface area contributed by atoms with E-state index in [-0.39, 0.29) is 12.4 Å². The molecule has 1 heterocycles. The van der Waals surface area contributed by atoms with Crippen molar-refractivity contribution in [3.63, 3.8) is 0 Å². The van der Waals surface area contributed by atoms with E-state index in [2.05, 4.69) is 17.4 Å². The summed E-state index contributed by atoms with van der Waals surface area (Å²) < 4.78 is 10.7. The van der Waals surface area contributed by atoms with Crippen LogP contribution < -0.4 is 10.1 Å². The van der Waals surface area contributed by atoms with Crippen molar-refractivity contribution < 1.29 is 9.15 Å². The summed E-state index contributed by atoms with van der Waals surface area (Å²) in [5.41, 5.74) is 1.21. The number of hydrogen-bond acceptors (Lipinski definition) is 3. The molecule has 4 heteroatoms. The van der Waals surface area contributed by atoms with E-state index in [1.807, 2.05) is 31.2 Å². The maximum absolute atomic E-state index is 5.45. The van der Waals surface area contributed by atoms with E-state index in [0.29, 0.717) is 6.61 Å². The van der Waals surface area contributed by atoms with Gasteiger partial charge in [0.2, 0.25) is 0 Å². The first-order chi connectivity index (χ1) is 8.38. The van der Waals surface area contributed by atoms with Gasteiger partial charge in [0.25, 0.3) is 0 Å². The van der Waals surface area contributed by atoms with E-state index in [4.69, 9.17) is 9.15 Å². The van der Waals surface area contributed by atoms with Crippen molar-refractivity contribution in [3.05, 3.63) is 54.0 Å². The number of nitrogens with one attached hydrogen (secondary N) is 1. The number of furan rings is 1. The van der Waals surface area contributed by atoms with Crippen LogP contribution in [0.3, 0.4) is 0 Å². The highest BCUT2D eigenvalue weighted by molar-refractivity contribution is 5.85. The summed E-state index contributed by atoms with van der Waals surface area (Å²) >= 11 is 0. The Labute approximate surface area is 114 Å². The quantitative estimate of drug-likeness (QED) is 0.871. The van der Waals surface area contributed by atoms with Crippen molar-refractivity contribution in [1.29, 1.82) is 0 Å². The van der Waals surface area contributed by atoms with Gasteiger partial charge >= 0.3 is 0 Å². The van der Waals surface area contributed by atoms with Gasteiger partial charge < -0.3 is 14.5 Å². The normalized spacial score (nSPS) is 9.83. The molecule has 0 radical (unpaired) electrons. The first-order valence-corrected chi connectivity index (χ1v) is 5.83. The van der Waals surface area contributed by atoms with Gasteiger partial charge in [0.15, 0.2) is 0 Å². The van der Waals surface area contributed by atoms with Gasteiger partial charge in [-0.3, -0.25) is 0 Å². The number of ether oxygens (including phenoxy) is 1. The van der Waals surface area contributed by atoms with Crippen LogP contribution >= 0.6 is 12.4 Å². The average molecular weight is 268 g/mol. The molecule has 1 N–H and O–H groups in total. The van der Waals surface area contributed by atoms with Gasteiger partial charge in [0.05, 0.1) is 19.4 Å². The second-order valence-corrected chi connectivity index (χ2v) is 3.76. The maximum atomic E-state index is 5.45. The Balaban J connectivity index is 0.00000162. The lowest BCUT2D eigenvalue weighted by Crippen LogP contribution is -2.12. The van der Waals surface area contributed by atoms with Crippen LogP contribution in [-0.2, 0) is 13.1 Å². The topological polar surface area (TPSA) is 34.4 Å². The zero-order chi connectivity index (χ0) is 11.9. The van der Waals surface area contributed by atoms with Crippen molar-refractivity contribution in [2.45, 2.75) is 20.0 Å². The first-order valence-electron chi connectivity index (χ1n) is 5.83. The molecule has 2 rings (SSSR count). The fraction of sp³-hybridized carbons (Fsp3) is 0.286. The molecule has 0 saturated heterocycles. The van der Waals surface area contributed by atoms with Crippen molar-refractivity contribution in [1.82, 2.24) is 5.32 Å². The monoisotopic (exact) mass is 267 g/mol. The molecular weight excluding hydrogens is 250 g/mol. The molecule has 98 valence electrons. The Morgan fingerprint density at radius 2 is 2.06 bits per heavy atom. The predicted molar refractivity (Wildman–Crippen MR) is 74.1 cm³/mol. The van der Waals surface area contributed by atoms with Crippen LogP contribution in [-0.4, -0.2) is 6.61 Å². The molecule has 0 atom stereocenters. The minimum Gasteiger partial charge on any atom is -0.494 e. The Morgan fingerprint density at radius 3 is 2.78 bits per heavy atom. The smallest absolute Gasteiger partial charge is 0.119 e. The maximum Gasteiger partial charge on any atom is 0.119 e. The largest absolute Gasteiger partial charge is 0.494 e. The third kappa shape index (κ3) is 4.43. The van der Waals surface area contributed by atoms with Crippen LogP contribution in [0.1, 0.15) is 18.2 Å². The Hall–Kier alpha value is -1.45. The van der Waals surface area contributed by atoms with Gasteiger partial charge in [-0.25, -0.2) is 0 Å². The Bertz CT molecular complexity index is 443. The van der Waals surface area contributed by atoms with Gasteiger partial charge in [0.1, 0.15) is 11.5 Å². The van der Waals surface area contributed by atoms with E-state index >= 15 is 0 Å². The lowest BCUT2D eigenvalue weighted by Gasteiger charge is -2.06. The number of hydrogen-bond donors (Lipinski definition) is 1. The van der Waals surface area contributed by atoms with Gasteiger partial charge in [-0.15, -0.1) is 12.4 Å². The van der Waals surface area contributed by atoms with Gasteiger partial charge in [0, 0.05) is 6.54 Å². The summed E-state index contributed by atoms with van der Waals surface area (Å²) in [7, 11) is 0. The van der Waals surface area contributed by atoms with E-state index in [1.54, 1.807) is 6.26 Å². The van der Waals surface area contributed by atoms with Crippen LogP contribution in [0.15, 0.2) is 47.1 Å². The molecule has 18 heavy (non-hydrogen) atoms. The molecule has 3 nitrogen and oxygen atoms in total. The summed E-state index contributed by atoms with van der Waals surface area (Å²) in [6.45, 7) is 4.23. The van der Waals surface area contributed by atoms with Crippen molar-refractivity contribution in [2.75, 3.05) is 6.61 Å².